The maximum absolute atomic E-state index is 12.5. The van der Waals surface area contributed by atoms with Crippen LogP contribution >= 0.6 is 0 Å². The van der Waals surface area contributed by atoms with Gasteiger partial charge >= 0.3 is 0 Å². The van der Waals surface area contributed by atoms with Gasteiger partial charge in [-0.3, -0.25) is 14.5 Å². The molecule has 180 valence electrons. The number of hydrogen-bond donors (Lipinski definition) is 2. The average molecular weight is 450 g/mol. The van der Waals surface area contributed by atoms with E-state index >= 15 is 0 Å². The van der Waals surface area contributed by atoms with Gasteiger partial charge in [-0.1, -0.05) is 44.7 Å². The number of nitrogens with zero attached hydrogens (tertiary/aromatic N) is 3. The molecule has 1 unspecified atom stereocenters. The topological polar surface area (TPSA) is 110 Å². The predicted octanol–water partition coefficient (Wildman–Crippen LogP) is 2.16. The highest BCUT2D eigenvalue weighted by Gasteiger charge is 2.38. The van der Waals surface area contributed by atoms with Crippen molar-refractivity contribution < 1.29 is 18.8 Å². The van der Waals surface area contributed by atoms with E-state index in [1.165, 1.54) is 6.92 Å². The molecule has 0 bridgehead atoms. The number of nitrogens with one attached hydrogen (secondary N) is 2. The highest BCUT2D eigenvalue weighted by atomic mass is 16.5. The largest absolute Gasteiger partial charge is 0.379 e. The Bertz CT molecular complexity index is 737. The minimum Gasteiger partial charge on any atom is -0.379 e. The van der Waals surface area contributed by atoms with Gasteiger partial charge in [-0.05, 0) is 18.8 Å². The molecule has 0 radical (unpaired) electrons. The Morgan fingerprint density at radius 1 is 1.12 bits per heavy atom. The molecular weight excluding hydrogens is 410 g/mol. The quantitative estimate of drug-likeness (QED) is 0.556. The minimum atomic E-state index is -0.561. The number of carbonyl (C=O) groups is 2. The van der Waals surface area contributed by atoms with Crippen LogP contribution in [0.3, 0.4) is 0 Å². The molecule has 1 saturated heterocycles. The van der Waals surface area contributed by atoms with E-state index in [9.17, 15) is 9.59 Å². The molecular formula is C23H39N5O4. The van der Waals surface area contributed by atoms with Crippen molar-refractivity contribution in [3.8, 4) is 0 Å². The molecule has 1 aromatic heterocycles. The molecule has 9 nitrogen and oxygen atoms in total. The summed E-state index contributed by atoms with van der Waals surface area (Å²) in [6.45, 7) is 9.82. The van der Waals surface area contributed by atoms with Crippen molar-refractivity contribution in [2.75, 3.05) is 32.8 Å². The first-order valence-electron chi connectivity index (χ1n) is 12.1. The third-order valence-electron chi connectivity index (χ3n) is 6.63. The Morgan fingerprint density at radius 2 is 1.81 bits per heavy atom. The van der Waals surface area contributed by atoms with Gasteiger partial charge in [0.25, 0.3) is 0 Å². The standard InChI is InChI=1S/C23H39N5O4/c1-17(2)19(28-12-14-31-15-13-28)16-24-20(30)8-9-21-25-22(27-32-21)23(26-18(3)29)10-6-4-5-7-11-23/h17,19H,4-16H2,1-3H3,(H,24,30)(H,26,29). The van der Waals surface area contributed by atoms with Gasteiger partial charge < -0.3 is 19.9 Å². The maximum Gasteiger partial charge on any atom is 0.227 e. The molecule has 32 heavy (non-hydrogen) atoms. The van der Waals surface area contributed by atoms with Gasteiger partial charge in [0.15, 0.2) is 5.82 Å². The van der Waals surface area contributed by atoms with Crippen LogP contribution in [0.25, 0.3) is 0 Å². The fourth-order valence-corrected chi connectivity index (χ4v) is 4.85. The number of carbonyl (C=O) groups excluding carboxylic acids is 2. The lowest BCUT2D eigenvalue weighted by atomic mass is 9.89. The number of hydrogen-bond acceptors (Lipinski definition) is 7. The number of aromatic nitrogens is 2. The number of aryl methyl sites for hydroxylation is 1. The Morgan fingerprint density at radius 3 is 2.44 bits per heavy atom. The molecule has 1 saturated carbocycles. The van der Waals surface area contributed by atoms with Crippen LogP contribution in [-0.4, -0.2) is 65.7 Å². The minimum absolute atomic E-state index is 0.0188. The first kappa shape index (κ1) is 24.6. The molecule has 2 aliphatic rings. The number of rotatable bonds is 9. The van der Waals surface area contributed by atoms with E-state index in [1.807, 2.05) is 0 Å². The van der Waals surface area contributed by atoms with Gasteiger partial charge in [-0.15, -0.1) is 0 Å². The van der Waals surface area contributed by atoms with Gasteiger partial charge in [0.05, 0.1) is 13.2 Å². The van der Waals surface area contributed by atoms with Crippen LogP contribution in [-0.2, 0) is 26.3 Å². The van der Waals surface area contributed by atoms with Gasteiger partial charge in [0.2, 0.25) is 17.7 Å². The first-order chi connectivity index (χ1) is 15.4. The second-order valence-electron chi connectivity index (χ2n) is 9.45. The van der Waals surface area contributed by atoms with Crippen molar-refractivity contribution in [2.24, 2.45) is 5.92 Å². The van der Waals surface area contributed by atoms with Crippen molar-refractivity contribution in [3.05, 3.63) is 11.7 Å². The third kappa shape index (κ3) is 6.75. The molecule has 1 aliphatic heterocycles. The van der Waals surface area contributed by atoms with E-state index in [-0.39, 0.29) is 11.8 Å². The van der Waals surface area contributed by atoms with Gasteiger partial charge in [-0.25, -0.2) is 0 Å². The lowest BCUT2D eigenvalue weighted by molar-refractivity contribution is -0.122. The van der Waals surface area contributed by atoms with E-state index in [0.717, 1.165) is 64.8 Å². The highest BCUT2D eigenvalue weighted by Crippen LogP contribution is 2.34. The summed E-state index contributed by atoms with van der Waals surface area (Å²) >= 11 is 0. The number of ether oxygens (including phenoxy) is 1. The van der Waals surface area contributed by atoms with Crippen molar-refractivity contribution in [1.82, 2.24) is 25.7 Å². The summed E-state index contributed by atoms with van der Waals surface area (Å²) in [6, 6.07) is 0.297. The molecule has 9 heteroatoms. The molecule has 2 N–H and O–H groups in total. The molecule has 0 spiro atoms. The molecule has 1 aromatic rings. The molecule has 1 aliphatic carbocycles. The molecule has 0 aromatic carbocycles. The summed E-state index contributed by atoms with van der Waals surface area (Å²) in [5.41, 5.74) is -0.561. The second kappa shape index (κ2) is 11.7. The van der Waals surface area contributed by atoms with Crippen LogP contribution in [0, 0.1) is 5.92 Å². The van der Waals surface area contributed by atoms with Crippen LogP contribution < -0.4 is 10.6 Å². The normalized spacial score (nSPS) is 20.5. The smallest absolute Gasteiger partial charge is 0.227 e. The van der Waals surface area contributed by atoms with Crippen LogP contribution in [0.15, 0.2) is 4.52 Å². The predicted molar refractivity (Wildman–Crippen MR) is 120 cm³/mol. The molecule has 2 fully saturated rings. The van der Waals surface area contributed by atoms with Gasteiger partial charge in [0.1, 0.15) is 5.54 Å². The van der Waals surface area contributed by atoms with Crippen LogP contribution in [0.2, 0.25) is 0 Å². The van der Waals surface area contributed by atoms with E-state index in [0.29, 0.717) is 43.1 Å². The molecule has 2 heterocycles. The Balaban J connectivity index is 1.53. The molecule has 2 amide bonds. The van der Waals surface area contributed by atoms with Crippen molar-refractivity contribution in [1.29, 1.82) is 0 Å². The lowest BCUT2D eigenvalue weighted by Gasteiger charge is -2.36. The zero-order valence-corrected chi connectivity index (χ0v) is 19.8. The zero-order chi connectivity index (χ0) is 23.0. The summed E-state index contributed by atoms with van der Waals surface area (Å²) in [5.74, 6) is 1.32. The Hall–Kier alpha value is -2.00. The number of amides is 2. The maximum atomic E-state index is 12.5. The van der Waals surface area contributed by atoms with E-state index in [1.54, 1.807) is 0 Å². The van der Waals surface area contributed by atoms with Gasteiger partial charge in [0, 0.05) is 45.4 Å². The lowest BCUT2D eigenvalue weighted by Crippen LogP contribution is -2.51. The van der Waals surface area contributed by atoms with E-state index in [4.69, 9.17) is 9.26 Å². The Labute approximate surface area is 191 Å². The molecule has 3 rings (SSSR count). The van der Waals surface area contributed by atoms with E-state index in [2.05, 4.69) is 39.5 Å². The zero-order valence-electron chi connectivity index (χ0n) is 19.8. The van der Waals surface area contributed by atoms with Crippen LogP contribution in [0.5, 0.6) is 0 Å². The number of morpholine rings is 1. The van der Waals surface area contributed by atoms with Crippen molar-refractivity contribution >= 4 is 11.8 Å². The summed E-state index contributed by atoms with van der Waals surface area (Å²) < 4.78 is 10.9. The fraction of sp³-hybridized carbons (Fsp3) is 0.826. The average Bonchev–Trinajstić information content (AvgIpc) is 3.13. The third-order valence-corrected chi connectivity index (χ3v) is 6.63. The summed E-state index contributed by atoms with van der Waals surface area (Å²) in [6.07, 6.45) is 6.64. The molecule has 1 atom stereocenters. The fourth-order valence-electron chi connectivity index (χ4n) is 4.85. The van der Waals surface area contributed by atoms with Crippen molar-refractivity contribution in [3.63, 3.8) is 0 Å². The van der Waals surface area contributed by atoms with Crippen LogP contribution in [0.4, 0.5) is 0 Å². The first-order valence-corrected chi connectivity index (χ1v) is 12.1. The SMILES string of the molecule is CC(=O)NC1(c2noc(CCC(=O)NCC(C(C)C)N3CCOCC3)n2)CCCCCC1. The second-order valence-corrected chi connectivity index (χ2v) is 9.45. The Kier molecular flexibility index (Phi) is 9.04. The van der Waals surface area contributed by atoms with Gasteiger partial charge in [-0.2, -0.15) is 4.98 Å². The monoisotopic (exact) mass is 449 g/mol. The summed E-state index contributed by atoms with van der Waals surface area (Å²) in [5, 5.41) is 10.4. The van der Waals surface area contributed by atoms with E-state index < -0.39 is 5.54 Å². The summed E-state index contributed by atoms with van der Waals surface area (Å²) in [7, 11) is 0. The van der Waals surface area contributed by atoms with Crippen LogP contribution in [0.1, 0.15) is 77.4 Å². The highest BCUT2D eigenvalue weighted by molar-refractivity contribution is 5.76. The van der Waals surface area contributed by atoms with Crippen molar-refractivity contribution in [2.45, 2.75) is 83.7 Å². The summed E-state index contributed by atoms with van der Waals surface area (Å²) in [4.78, 5) is 31.3.